The molecule has 17 heavy (non-hydrogen) atoms. The van der Waals surface area contributed by atoms with Crippen LogP contribution in [0.5, 0.6) is 0 Å². The van der Waals surface area contributed by atoms with E-state index in [-0.39, 0.29) is 0 Å². The lowest BCUT2D eigenvalue weighted by atomic mass is 10.4. The Morgan fingerprint density at radius 3 is 2.94 bits per heavy atom. The van der Waals surface area contributed by atoms with Crippen LogP contribution in [0.2, 0.25) is 0 Å². The van der Waals surface area contributed by atoms with Crippen molar-refractivity contribution in [2.75, 3.05) is 19.0 Å². The second kappa shape index (κ2) is 5.40. The van der Waals surface area contributed by atoms with Gasteiger partial charge >= 0.3 is 0 Å². The van der Waals surface area contributed by atoms with E-state index in [1.54, 1.807) is 19.6 Å². The summed E-state index contributed by atoms with van der Waals surface area (Å²) in [7, 11) is 1.63. The maximum atomic E-state index is 5.06. The second-order valence-corrected chi connectivity index (χ2v) is 3.46. The van der Waals surface area contributed by atoms with E-state index < -0.39 is 0 Å². The van der Waals surface area contributed by atoms with Crippen LogP contribution >= 0.6 is 0 Å². The Bertz CT molecular complexity index is 444. The van der Waals surface area contributed by atoms with Crippen molar-refractivity contribution in [2.45, 2.75) is 13.5 Å². The fraction of sp³-hybridized carbons (Fsp3) is 0.364. The highest BCUT2D eigenvalue weighted by Crippen LogP contribution is 2.11. The van der Waals surface area contributed by atoms with E-state index in [4.69, 9.17) is 4.74 Å². The normalized spacial score (nSPS) is 10.5. The maximum Gasteiger partial charge on any atom is 0.158 e. The van der Waals surface area contributed by atoms with Crippen molar-refractivity contribution < 1.29 is 4.74 Å². The highest BCUT2D eigenvalue weighted by molar-refractivity contribution is 5.41. The molecule has 0 atom stereocenters. The maximum absolute atomic E-state index is 5.06. The molecule has 0 saturated carbocycles. The first-order valence-electron chi connectivity index (χ1n) is 5.42. The quantitative estimate of drug-likeness (QED) is 0.841. The van der Waals surface area contributed by atoms with Crippen molar-refractivity contribution in [3.63, 3.8) is 0 Å². The Balaban J connectivity index is 2.37. The molecule has 6 heteroatoms. The van der Waals surface area contributed by atoms with Gasteiger partial charge in [-0.15, -0.1) is 0 Å². The van der Waals surface area contributed by atoms with Crippen molar-refractivity contribution in [3.05, 3.63) is 30.6 Å². The first-order chi connectivity index (χ1) is 8.33. The van der Waals surface area contributed by atoms with E-state index >= 15 is 0 Å². The van der Waals surface area contributed by atoms with E-state index in [0.717, 1.165) is 18.2 Å². The smallest absolute Gasteiger partial charge is 0.158 e. The zero-order valence-corrected chi connectivity index (χ0v) is 9.92. The van der Waals surface area contributed by atoms with Crippen molar-refractivity contribution in [1.29, 1.82) is 0 Å². The molecular weight excluding hydrogens is 218 g/mol. The van der Waals surface area contributed by atoms with Gasteiger partial charge in [0.1, 0.15) is 24.6 Å². The minimum atomic E-state index is 0.390. The molecule has 0 saturated heterocycles. The van der Waals surface area contributed by atoms with E-state index in [9.17, 15) is 0 Å². The number of rotatable bonds is 5. The van der Waals surface area contributed by atoms with E-state index in [2.05, 4.69) is 20.3 Å². The van der Waals surface area contributed by atoms with Crippen LogP contribution in [0.1, 0.15) is 12.7 Å². The van der Waals surface area contributed by atoms with Gasteiger partial charge in [0.05, 0.1) is 0 Å². The lowest BCUT2D eigenvalue weighted by molar-refractivity contribution is 0.178. The summed E-state index contributed by atoms with van der Waals surface area (Å²) < 4.78 is 6.89. The van der Waals surface area contributed by atoms with Crippen molar-refractivity contribution in [1.82, 2.24) is 19.5 Å². The van der Waals surface area contributed by atoms with E-state index in [0.29, 0.717) is 12.4 Å². The first-order valence-corrected chi connectivity index (χ1v) is 5.42. The summed E-state index contributed by atoms with van der Waals surface area (Å²) in [5.41, 5.74) is 0. The van der Waals surface area contributed by atoms with E-state index in [1.165, 1.54) is 0 Å². The highest BCUT2D eigenvalue weighted by Gasteiger charge is 2.05. The average Bonchev–Trinajstić information content (AvgIpc) is 2.83. The number of nitrogens with one attached hydrogen (secondary N) is 1. The monoisotopic (exact) mass is 233 g/mol. The van der Waals surface area contributed by atoms with Crippen LogP contribution in [0.3, 0.4) is 0 Å². The van der Waals surface area contributed by atoms with Crippen LogP contribution < -0.4 is 5.32 Å². The molecule has 0 unspecified atom stereocenters. The Morgan fingerprint density at radius 2 is 2.29 bits per heavy atom. The molecule has 0 aromatic carbocycles. The number of aromatic nitrogens is 4. The molecule has 0 aliphatic heterocycles. The molecule has 2 aromatic heterocycles. The SMILES string of the molecule is CCNc1cc(-n2ccnc2)nc(COC)n1. The van der Waals surface area contributed by atoms with Crippen molar-refractivity contribution in [2.24, 2.45) is 0 Å². The van der Waals surface area contributed by atoms with Gasteiger partial charge in [0.2, 0.25) is 0 Å². The summed E-state index contributed by atoms with van der Waals surface area (Å²) in [4.78, 5) is 12.7. The molecule has 6 nitrogen and oxygen atoms in total. The topological polar surface area (TPSA) is 64.9 Å². The van der Waals surface area contributed by atoms with Crippen LogP contribution in [0.25, 0.3) is 5.82 Å². The number of imidazole rings is 1. The molecule has 2 rings (SSSR count). The first kappa shape index (κ1) is 11.5. The molecule has 0 amide bonds. The molecule has 0 aliphatic rings. The highest BCUT2D eigenvalue weighted by atomic mass is 16.5. The molecule has 0 aliphatic carbocycles. The van der Waals surface area contributed by atoms with Gasteiger partial charge < -0.3 is 10.1 Å². The summed E-state index contributed by atoms with van der Waals surface area (Å²) >= 11 is 0. The van der Waals surface area contributed by atoms with Crippen LogP contribution in [0.15, 0.2) is 24.8 Å². The predicted octanol–water partition coefficient (Wildman–Crippen LogP) is 1.24. The summed E-state index contributed by atoms with van der Waals surface area (Å²) in [5.74, 6) is 2.22. The number of ether oxygens (including phenoxy) is 1. The lowest BCUT2D eigenvalue weighted by Gasteiger charge is -2.08. The second-order valence-electron chi connectivity index (χ2n) is 3.46. The molecule has 90 valence electrons. The average molecular weight is 233 g/mol. The zero-order valence-electron chi connectivity index (χ0n) is 9.92. The predicted molar refractivity (Wildman–Crippen MR) is 64.0 cm³/mol. The molecule has 2 aromatic rings. The summed E-state index contributed by atoms with van der Waals surface area (Å²) in [6.07, 6.45) is 5.26. The minimum Gasteiger partial charge on any atom is -0.377 e. The molecule has 1 N–H and O–H groups in total. The Morgan fingerprint density at radius 1 is 1.41 bits per heavy atom. The van der Waals surface area contributed by atoms with Gasteiger partial charge in [-0.3, -0.25) is 4.57 Å². The molecular formula is C11H15N5O. The third-order valence-corrected chi connectivity index (χ3v) is 2.16. The third kappa shape index (κ3) is 2.79. The van der Waals surface area contributed by atoms with Gasteiger partial charge in [0.15, 0.2) is 5.82 Å². The number of anilines is 1. The Labute approximate surface area is 99.7 Å². The standard InChI is InChI=1S/C11H15N5O/c1-3-13-9-6-11(16-5-4-12-8-16)15-10(14-9)7-17-2/h4-6,8H,3,7H2,1-2H3,(H,13,14,15). The Hall–Kier alpha value is -1.95. The lowest BCUT2D eigenvalue weighted by Crippen LogP contribution is -2.07. The third-order valence-electron chi connectivity index (χ3n) is 2.16. The van der Waals surface area contributed by atoms with Crippen LogP contribution in [-0.2, 0) is 11.3 Å². The van der Waals surface area contributed by atoms with Crippen LogP contribution in [0, 0.1) is 0 Å². The number of hydrogen-bond donors (Lipinski definition) is 1. The molecule has 0 fully saturated rings. The molecule has 0 bridgehead atoms. The molecule has 0 radical (unpaired) electrons. The van der Waals surface area contributed by atoms with Gasteiger partial charge in [0.25, 0.3) is 0 Å². The number of methoxy groups -OCH3 is 1. The molecule has 0 spiro atoms. The largest absolute Gasteiger partial charge is 0.377 e. The minimum absolute atomic E-state index is 0.390. The van der Waals surface area contributed by atoms with Crippen LogP contribution in [-0.4, -0.2) is 33.2 Å². The van der Waals surface area contributed by atoms with Gasteiger partial charge in [-0.25, -0.2) is 15.0 Å². The zero-order chi connectivity index (χ0) is 12.1. The van der Waals surface area contributed by atoms with Gasteiger partial charge in [-0.1, -0.05) is 0 Å². The molecule has 2 heterocycles. The number of hydrogen-bond acceptors (Lipinski definition) is 5. The van der Waals surface area contributed by atoms with Crippen molar-refractivity contribution in [3.8, 4) is 5.82 Å². The van der Waals surface area contributed by atoms with Gasteiger partial charge in [-0.05, 0) is 6.92 Å². The fourth-order valence-electron chi connectivity index (χ4n) is 1.48. The van der Waals surface area contributed by atoms with E-state index in [1.807, 2.05) is 23.8 Å². The fourth-order valence-corrected chi connectivity index (χ4v) is 1.48. The number of nitrogens with zero attached hydrogens (tertiary/aromatic N) is 4. The van der Waals surface area contributed by atoms with Gasteiger partial charge in [0, 0.05) is 32.1 Å². The van der Waals surface area contributed by atoms with Crippen molar-refractivity contribution >= 4 is 5.82 Å². The summed E-state index contributed by atoms with van der Waals surface area (Å²) in [6, 6.07) is 1.88. The van der Waals surface area contributed by atoms with Crippen LogP contribution in [0.4, 0.5) is 5.82 Å². The summed E-state index contributed by atoms with van der Waals surface area (Å²) in [5, 5.41) is 3.17. The summed E-state index contributed by atoms with van der Waals surface area (Å²) in [6.45, 7) is 3.22. The Kier molecular flexibility index (Phi) is 3.66. The van der Waals surface area contributed by atoms with Gasteiger partial charge in [-0.2, -0.15) is 0 Å².